The van der Waals surface area contributed by atoms with E-state index in [1.165, 1.54) is 12.8 Å². The molecule has 1 aromatic heterocycles. The van der Waals surface area contributed by atoms with Crippen LogP contribution in [0.1, 0.15) is 25.7 Å². The molecule has 3 rings (SSSR count). The van der Waals surface area contributed by atoms with E-state index in [0.717, 1.165) is 62.1 Å². The van der Waals surface area contributed by atoms with Crippen molar-refractivity contribution in [2.24, 2.45) is 21.7 Å². The number of aryl methyl sites for hydroxylation is 2. The fourth-order valence-corrected chi connectivity index (χ4v) is 3.50. The summed E-state index contributed by atoms with van der Waals surface area (Å²) < 4.78 is 9.78. The Labute approximate surface area is 166 Å². The van der Waals surface area contributed by atoms with Crippen molar-refractivity contribution in [3.8, 4) is 5.75 Å². The topological polar surface area (TPSA) is 98.0 Å². The lowest BCUT2D eigenvalue weighted by Gasteiger charge is -2.20. The van der Waals surface area contributed by atoms with Crippen LogP contribution in [0.5, 0.6) is 5.75 Å². The molecule has 1 aromatic carbocycles. The Kier molecular flexibility index (Phi) is 7.39. The first-order valence-electron chi connectivity index (χ1n) is 10.1. The second-order valence-electron chi connectivity index (χ2n) is 7.02. The normalized spacial score (nSPS) is 14.3. The molecule has 0 aliphatic carbocycles. The lowest BCUT2D eigenvalue weighted by Crippen LogP contribution is -2.33. The van der Waals surface area contributed by atoms with Crippen LogP contribution in [0.4, 0.5) is 17.3 Å². The quantitative estimate of drug-likeness (QED) is 0.484. The molecule has 2 heterocycles. The van der Waals surface area contributed by atoms with Crippen LogP contribution in [0.25, 0.3) is 0 Å². The first-order valence-corrected chi connectivity index (χ1v) is 10.1. The molecule has 8 heteroatoms. The van der Waals surface area contributed by atoms with Gasteiger partial charge in [-0.2, -0.15) is 0 Å². The van der Waals surface area contributed by atoms with Gasteiger partial charge >= 0.3 is 5.95 Å². The number of hydrogen-bond donors (Lipinski definition) is 2. The van der Waals surface area contributed by atoms with Gasteiger partial charge in [-0.15, -0.1) is 0 Å². The molecular weight excluding hydrogens is 354 g/mol. The zero-order chi connectivity index (χ0) is 19.8. The lowest BCUT2D eigenvalue weighted by atomic mass is 10.2. The number of ether oxygens (including phenoxy) is 1. The van der Waals surface area contributed by atoms with Gasteiger partial charge in [-0.25, -0.2) is 9.13 Å². The molecule has 1 aliphatic rings. The monoisotopic (exact) mass is 386 g/mol. The maximum Gasteiger partial charge on any atom is 0.421 e. The number of azo groups is 1. The molecule has 1 fully saturated rings. The van der Waals surface area contributed by atoms with Crippen molar-refractivity contribution in [2.75, 3.05) is 38.2 Å². The predicted molar refractivity (Wildman–Crippen MR) is 111 cm³/mol. The summed E-state index contributed by atoms with van der Waals surface area (Å²) in [6.07, 6.45) is 8.30. The number of rotatable bonds is 10. The highest BCUT2D eigenvalue weighted by Gasteiger charge is 2.18. The summed E-state index contributed by atoms with van der Waals surface area (Å²) in [6, 6.07) is 6.03. The number of imidazole rings is 1. The van der Waals surface area contributed by atoms with Crippen LogP contribution in [0.15, 0.2) is 40.8 Å². The maximum atomic E-state index is 5.67. The second kappa shape index (κ2) is 10.2. The number of anilines is 1. The van der Waals surface area contributed by atoms with Crippen molar-refractivity contribution in [3.05, 3.63) is 30.6 Å². The standard InChI is InChI=1S/C20H32N7O/c1-28-19-16-17(6-7-18(19)25-10-2-3-11-25)23-24-20-26(12-4-8-21)14-15-27(20)13-5-9-22/h6-7,14-16H,2-5,8-13,21-22H2,1H3/q+1. The summed E-state index contributed by atoms with van der Waals surface area (Å²) >= 11 is 0. The highest BCUT2D eigenvalue weighted by atomic mass is 16.5. The van der Waals surface area contributed by atoms with Gasteiger partial charge in [0.2, 0.25) is 0 Å². The molecule has 0 spiro atoms. The van der Waals surface area contributed by atoms with Crippen LogP contribution in [-0.2, 0) is 13.1 Å². The first-order chi connectivity index (χ1) is 13.8. The van der Waals surface area contributed by atoms with E-state index in [0.29, 0.717) is 13.1 Å². The molecule has 8 nitrogen and oxygen atoms in total. The van der Waals surface area contributed by atoms with Gasteiger partial charge in [0.25, 0.3) is 0 Å². The van der Waals surface area contributed by atoms with Crippen molar-refractivity contribution in [3.63, 3.8) is 0 Å². The summed E-state index contributed by atoms with van der Waals surface area (Å²) in [6.45, 7) is 5.08. The van der Waals surface area contributed by atoms with E-state index < -0.39 is 0 Å². The highest BCUT2D eigenvalue weighted by molar-refractivity contribution is 5.64. The molecule has 1 saturated heterocycles. The van der Waals surface area contributed by atoms with Crippen LogP contribution in [0.2, 0.25) is 0 Å². The van der Waals surface area contributed by atoms with E-state index in [9.17, 15) is 0 Å². The van der Waals surface area contributed by atoms with E-state index in [1.807, 2.05) is 24.5 Å². The number of hydrogen-bond acceptors (Lipinski definition) is 6. The van der Waals surface area contributed by atoms with Crippen molar-refractivity contribution >= 4 is 17.3 Å². The molecule has 0 radical (unpaired) electrons. The third-order valence-electron chi connectivity index (χ3n) is 5.01. The zero-order valence-electron chi connectivity index (χ0n) is 16.8. The Balaban J connectivity index is 1.82. The molecule has 0 unspecified atom stereocenters. The summed E-state index contributed by atoms with van der Waals surface area (Å²) in [5, 5.41) is 9.03. The van der Waals surface area contributed by atoms with Crippen molar-refractivity contribution in [2.45, 2.75) is 38.8 Å². The van der Waals surface area contributed by atoms with Crippen LogP contribution >= 0.6 is 0 Å². The third kappa shape index (κ3) is 4.88. The Hall–Kier alpha value is -2.45. The minimum Gasteiger partial charge on any atom is -0.495 e. The van der Waals surface area contributed by atoms with Crippen molar-refractivity contribution < 1.29 is 9.30 Å². The molecule has 0 bridgehead atoms. The van der Waals surface area contributed by atoms with Gasteiger partial charge in [0.05, 0.1) is 38.3 Å². The average molecular weight is 387 g/mol. The minimum atomic E-state index is 0.646. The largest absolute Gasteiger partial charge is 0.495 e. The van der Waals surface area contributed by atoms with Gasteiger partial charge in [-0.05, 0) is 50.9 Å². The SMILES string of the molecule is COc1cc(N=Nc2n(CCCN)cc[n+]2CCCN)ccc1N1CCCC1. The Morgan fingerprint density at radius 1 is 1.11 bits per heavy atom. The summed E-state index contributed by atoms with van der Waals surface area (Å²) in [4.78, 5) is 2.36. The summed E-state index contributed by atoms with van der Waals surface area (Å²) in [5.74, 6) is 1.65. The minimum absolute atomic E-state index is 0.646. The van der Waals surface area contributed by atoms with E-state index in [4.69, 9.17) is 16.2 Å². The highest BCUT2D eigenvalue weighted by Crippen LogP contribution is 2.34. The summed E-state index contributed by atoms with van der Waals surface area (Å²) in [5.41, 5.74) is 13.2. The Morgan fingerprint density at radius 2 is 1.89 bits per heavy atom. The smallest absolute Gasteiger partial charge is 0.421 e. The van der Waals surface area contributed by atoms with E-state index in [-0.39, 0.29) is 0 Å². The lowest BCUT2D eigenvalue weighted by molar-refractivity contribution is -0.683. The predicted octanol–water partition coefficient (Wildman–Crippen LogP) is 2.50. The molecular formula is C20H32N7O+. The number of nitrogens with two attached hydrogens (primary N) is 2. The molecule has 0 amide bonds. The van der Waals surface area contributed by atoms with Crippen molar-refractivity contribution in [1.82, 2.24) is 4.57 Å². The maximum absolute atomic E-state index is 5.67. The van der Waals surface area contributed by atoms with E-state index >= 15 is 0 Å². The Bertz CT molecular complexity index is 755. The van der Waals surface area contributed by atoms with E-state index in [1.54, 1.807) is 7.11 Å². The number of nitrogens with zero attached hydrogens (tertiary/aromatic N) is 5. The number of benzene rings is 1. The number of aromatic nitrogens is 2. The van der Waals surface area contributed by atoms with E-state index in [2.05, 4.69) is 30.3 Å². The third-order valence-corrected chi connectivity index (χ3v) is 5.01. The molecule has 0 atom stereocenters. The second-order valence-corrected chi connectivity index (χ2v) is 7.02. The van der Waals surface area contributed by atoms with Crippen LogP contribution < -0.4 is 25.7 Å². The Morgan fingerprint density at radius 3 is 2.61 bits per heavy atom. The molecule has 2 aromatic rings. The van der Waals surface area contributed by atoms with Gasteiger partial charge < -0.3 is 21.1 Å². The zero-order valence-corrected chi connectivity index (χ0v) is 16.8. The van der Waals surface area contributed by atoms with Gasteiger partial charge in [-0.1, -0.05) is 5.11 Å². The van der Waals surface area contributed by atoms with Crippen LogP contribution in [0.3, 0.4) is 0 Å². The fraction of sp³-hybridized carbons (Fsp3) is 0.550. The van der Waals surface area contributed by atoms with Gasteiger partial charge in [0, 0.05) is 24.3 Å². The van der Waals surface area contributed by atoms with Crippen molar-refractivity contribution in [1.29, 1.82) is 0 Å². The van der Waals surface area contributed by atoms with Crippen LogP contribution in [0, 0.1) is 0 Å². The molecule has 28 heavy (non-hydrogen) atoms. The molecule has 1 aliphatic heterocycles. The fourth-order valence-electron chi connectivity index (χ4n) is 3.50. The first kappa shape index (κ1) is 20.3. The average Bonchev–Trinajstić information content (AvgIpc) is 3.39. The van der Waals surface area contributed by atoms with Gasteiger partial charge in [-0.3, -0.25) is 0 Å². The molecule has 0 saturated carbocycles. The molecule has 4 N–H and O–H groups in total. The summed E-state index contributed by atoms with van der Waals surface area (Å²) in [7, 11) is 1.70. The molecule has 152 valence electrons. The van der Waals surface area contributed by atoms with Crippen LogP contribution in [-0.4, -0.2) is 37.9 Å². The number of methoxy groups -OCH3 is 1. The van der Waals surface area contributed by atoms with Gasteiger partial charge in [0.15, 0.2) is 0 Å². The van der Waals surface area contributed by atoms with Gasteiger partial charge in [0.1, 0.15) is 11.4 Å².